The Bertz CT molecular complexity index is 3320. The van der Waals surface area contributed by atoms with Crippen LogP contribution < -0.4 is 0 Å². The molecule has 0 aliphatic heterocycles. The van der Waals surface area contributed by atoms with Gasteiger partial charge in [0.2, 0.25) is 0 Å². The van der Waals surface area contributed by atoms with Gasteiger partial charge in [0.15, 0.2) is 0 Å². The van der Waals surface area contributed by atoms with Crippen molar-refractivity contribution in [2.45, 2.75) is 46.0 Å². The largest absolute Gasteiger partial charge is 0.309 e. The molecule has 0 spiro atoms. The predicted octanol–water partition coefficient (Wildman–Crippen LogP) is 15.3. The molecule has 2 heterocycles. The summed E-state index contributed by atoms with van der Waals surface area (Å²) in [5.41, 5.74) is 12.5. The van der Waals surface area contributed by atoms with Crippen LogP contribution in [-0.4, -0.2) is 9.13 Å². The van der Waals surface area contributed by atoms with Crippen LogP contribution >= 0.6 is 0 Å². The van der Waals surface area contributed by atoms with Gasteiger partial charge in [-0.25, -0.2) is 0 Å². The number of aryl methyl sites for hydroxylation is 2. The van der Waals surface area contributed by atoms with Gasteiger partial charge >= 0.3 is 0 Å². The maximum Gasteiger partial charge on any atom is 0.0548 e. The van der Waals surface area contributed by atoms with Gasteiger partial charge < -0.3 is 9.13 Å². The average molecular weight is 733 g/mol. The van der Waals surface area contributed by atoms with Crippen LogP contribution in [0, 0.1) is 0 Å². The molecule has 0 N–H and O–H groups in total. The van der Waals surface area contributed by atoms with Crippen LogP contribution in [0.2, 0.25) is 0 Å². The van der Waals surface area contributed by atoms with Crippen molar-refractivity contribution in [2.24, 2.45) is 0 Å². The fourth-order valence-electron chi connectivity index (χ4n) is 9.72. The number of nitrogens with zero attached hydrogens (tertiary/aromatic N) is 2. The molecule has 0 amide bonds. The summed E-state index contributed by atoms with van der Waals surface area (Å²) in [6.07, 6.45) is 5.82. The summed E-state index contributed by atoms with van der Waals surface area (Å²) >= 11 is 0. The van der Waals surface area contributed by atoms with Crippen LogP contribution in [-0.2, 0) is 12.8 Å². The Morgan fingerprint density at radius 2 is 0.877 bits per heavy atom. The standard InChI is InChI=1S/C55H44N2/c1-3-5-14-37-25-29-44-45-30-28-41(35-49(45)43-18-7-6-17-42(43)48(44)33-37)57-51-22-11-9-20-47(51)55-53(57)32-31-52-54(55)46-19-8-10-21-50(46)56(52)40-16-12-15-39(34-40)38-26-23-36(13-4-2)24-27-38/h6-12,15-35H,3-5,13-14H2,1-2H3. The number of fused-ring (bicyclic) bond motifs is 13. The SMILES string of the molecule is CCCCc1ccc2c3ccc(-n4c5ccccc5c5c6c7ccccc7n(-c7cccc(-c8ccc(CCC)cc8)c7)c6ccc54)cc3c3ccccc3c2c1. The van der Waals surface area contributed by atoms with Gasteiger partial charge in [-0.05, 0) is 122 Å². The van der Waals surface area contributed by atoms with Crippen LogP contribution in [0.1, 0.15) is 44.2 Å². The summed E-state index contributed by atoms with van der Waals surface area (Å²) in [5, 5.41) is 13.0. The lowest BCUT2D eigenvalue weighted by Crippen LogP contribution is -1.96. The molecule has 0 atom stereocenters. The Morgan fingerprint density at radius 3 is 1.51 bits per heavy atom. The van der Waals surface area contributed by atoms with E-state index in [-0.39, 0.29) is 0 Å². The van der Waals surface area contributed by atoms with Crippen LogP contribution in [0.15, 0.2) is 170 Å². The second-order valence-electron chi connectivity index (χ2n) is 15.8. The lowest BCUT2D eigenvalue weighted by molar-refractivity contribution is 0.796. The van der Waals surface area contributed by atoms with Crippen molar-refractivity contribution in [3.8, 4) is 22.5 Å². The number of hydrogen-bond acceptors (Lipinski definition) is 0. The molecule has 11 rings (SSSR count). The van der Waals surface area contributed by atoms with E-state index in [9.17, 15) is 0 Å². The van der Waals surface area contributed by atoms with Crippen molar-refractivity contribution in [3.05, 3.63) is 181 Å². The molecule has 2 aromatic heterocycles. The number of para-hydroxylation sites is 2. The maximum atomic E-state index is 2.49. The molecule has 0 saturated heterocycles. The summed E-state index contributed by atoms with van der Waals surface area (Å²) < 4.78 is 4.96. The lowest BCUT2D eigenvalue weighted by atomic mass is 9.92. The van der Waals surface area contributed by atoms with Gasteiger partial charge in [-0.15, -0.1) is 0 Å². The molecule has 57 heavy (non-hydrogen) atoms. The molecule has 0 aliphatic carbocycles. The van der Waals surface area contributed by atoms with E-state index in [0.717, 1.165) is 19.3 Å². The Morgan fingerprint density at radius 1 is 0.333 bits per heavy atom. The Labute approximate surface area is 333 Å². The first-order valence-electron chi connectivity index (χ1n) is 20.7. The highest BCUT2D eigenvalue weighted by molar-refractivity contribution is 6.29. The van der Waals surface area contributed by atoms with E-state index in [4.69, 9.17) is 0 Å². The number of rotatable bonds is 8. The van der Waals surface area contributed by atoms with E-state index in [1.54, 1.807) is 0 Å². The quantitative estimate of drug-likeness (QED) is 0.138. The monoisotopic (exact) mass is 732 g/mol. The molecular weight excluding hydrogens is 689 g/mol. The highest BCUT2D eigenvalue weighted by Gasteiger charge is 2.21. The third-order valence-electron chi connectivity index (χ3n) is 12.4. The van der Waals surface area contributed by atoms with Gasteiger partial charge in [0.25, 0.3) is 0 Å². The van der Waals surface area contributed by atoms with E-state index in [2.05, 4.69) is 193 Å². The third-order valence-corrected chi connectivity index (χ3v) is 12.4. The topological polar surface area (TPSA) is 9.86 Å². The molecule has 2 heteroatoms. The first-order chi connectivity index (χ1) is 28.2. The summed E-state index contributed by atoms with van der Waals surface area (Å²) in [7, 11) is 0. The molecule has 0 radical (unpaired) electrons. The third kappa shape index (κ3) is 5.31. The molecule has 0 unspecified atom stereocenters. The van der Waals surface area contributed by atoms with Gasteiger partial charge in [-0.2, -0.15) is 0 Å². The highest BCUT2D eigenvalue weighted by atomic mass is 15.0. The Kier molecular flexibility index (Phi) is 8.00. The van der Waals surface area contributed by atoms with E-state index >= 15 is 0 Å². The molecule has 0 bridgehead atoms. The molecule has 0 aliphatic rings. The molecule has 11 aromatic rings. The normalized spacial score (nSPS) is 12.0. The number of unbranched alkanes of at least 4 members (excludes halogenated alkanes) is 1. The van der Waals surface area contributed by atoms with Crippen LogP contribution in [0.4, 0.5) is 0 Å². The number of aromatic nitrogens is 2. The first kappa shape index (κ1) is 33.7. The van der Waals surface area contributed by atoms with Crippen LogP contribution in [0.3, 0.4) is 0 Å². The van der Waals surface area contributed by atoms with Crippen molar-refractivity contribution >= 4 is 75.9 Å². The van der Waals surface area contributed by atoms with Gasteiger partial charge in [0.1, 0.15) is 0 Å². The van der Waals surface area contributed by atoms with Crippen molar-refractivity contribution in [1.29, 1.82) is 0 Å². The smallest absolute Gasteiger partial charge is 0.0548 e. The average Bonchev–Trinajstić information content (AvgIpc) is 3.79. The van der Waals surface area contributed by atoms with Crippen LogP contribution in [0.25, 0.3) is 98.4 Å². The second-order valence-corrected chi connectivity index (χ2v) is 15.8. The van der Waals surface area contributed by atoms with Crippen molar-refractivity contribution in [2.75, 3.05) is 0 Å². The summed E-state index contributed by atoms with van der Waals surface area (Å²) in [6.45, 7) is 4.51. The van der Waals surface area contributed by atoms with Gasteiger partial charge in [-0.3, -0.25) is 0 Å². The zero-order valence-corrected chi connectivity index (χ0v) is 32.6. The molecule has 0 fully saturated rings. The van der Waals surface area contributed by atoms with Crippen molar-refractivity contribution < 1.29 is 0 Å². The van der Waals surface area contributed by atoms with Crippen molar-refractivity contribution in [3.63, 3.8) is 0 Å². The fourth-order valence-corrected chi connectivity index (χ4v) is 9.72. The summed E-state index contributed by atoms with van der Waals surface area (Å²) in [6, 6.07) is 64.0. The highest BCUT2D eigenvalue weighted by Crippen LogP contribution is 2.44. The molecule has 274 valence electrons. The molecular formula is C55H44N2. The molecule has 2 nitrogen and oxygen atoms in total. The minimum Gasteiger partial charge on any atom is -0.309 e. The lowest BCUT2D eigenvalue weighted by Gasteiger charge is -2.15. The Hall–Kier alpha value is -6.64. The van der Waals surface area contributed by atoms with Gasteiger partial charge in [0, 0.05) is 32.9 Å². The molecule has 0 saturated carbocycles. The summed E-state index contributed by atoms with van der Waals surface area (Å²) in [4.78, 5) is 0. The maximum absolute atomic E-state index is 2.49. The van der Waals surface area contributed by atoms with E-state index < -0.39 is 0 Å². The van der Waals surface area contributed by atoms with E-state index in [1.165, 1.54) is 122 Å². The van der Waals surface area contributed by atoms with E-state index in [0.29, 0.717) is 0 Å². The first-order valence-corrected chi connectivity index (χ1v) is 20.7. The number of benzene rings is 9. The zero-order valence-electron chi connectivity index (χ0n) is 32.6. The van der Waals surface area contributed by atoms with Gasteiger partial charge in [0.05, 0.1) is 22.1 Å². The van der Waals surface area contributed by atoms with E-state index in [1.807, 2.05) is 0 Å². The van der Waals surface area contributed by atoms with Crippen LogP contribution in [0.5, 0.6) is 0 Å². The summed E-state index contributed by atoms with van der Waals surface area (Å²) in [5.74, 6) is 0. The van der Waals surface area contributed by atoms with Crippen molar-refractivity contribution in [1.82, 2.24) is 9.13 Å². The fraction of sp³-hybridized carbons (Fsp3) is 0.127. The number of hydrogen-bond donors (Lipinski definition) is 0. The zero-order chi connectivity index (χ0) is 38.0. The minimum atomic E-state index is 1.11. The predicted molar refractivity (Wildman–Crippen MR) is 246 cm³/mol. The van der Waals surface area contributed by atoms with Gasteiger partial charge in [-0.1, -0.05) is 148 Å². The Balaban J connectivity index is 1.14. The minimum absolute atomic E-state index is 1.11. The molecule has 9 aromatic carbocycles. The second kappa shape index (κ2) is 13.5.